The second-order valence-corrected chi connectivity index (χ2v) is 13.2. The number of hydrogen-bond acceptors (Lipinski definition) is 7. The first-order valence-electron chi connectivity index (χ1n) is 8.79. The third-order valence-electron chi connectivity index (χ3n) is 4.83. The molecule has 1 rings (SSSR count). The summed E-state index contributed by atoms with van der Waals surface area (Å²) in [6.07, 6.45) is -2.37. The third-order valence-corrected chi connectivity index (χ3v) is 9.73. The number of rotatable bonds is 8. The van der Waals surface area contributed by atoms with Gasteiger partial charge in [0.05, 0.1) is 6.04 Å². The van der Waals surface area contributed by atoms with Crippen molar-refractivity contribution in [2.24, 2.45) is 5.11 Å². The minimum Gasteiger partial charge on any atom is -0.462 e. The van der Waals surface area contributed by atoms with E-state index in [4.69, 9.17) is 47.4 Å². The number of azide groups is 1. The zero-order valence-corrected chi connectivity index (χ0v) is 19.2. The van der Waals surface area contributed by atoms with E-state index in [0.29, 0.717) is 0 Å². The summed E-state index contributed by atoms with van der Waals surface area (Å²) in [4.78, 5) is 26.0. The molecule has 0 aromatic heterocycles. The number of ether oxygens (including phenoxy) is 3. The summed E-state index contributed by atoms with van der Waals surface area (Å²) in [5, 5.41) is 3.66. The maximum atomic E-state index is 11.7. The third kappa shape index (κ3) is 7.09. The highest BCUT2D eigenvalue weighted by molar-refractivity contribution is 6.74. The number of halogens is 2. The molecule has 1 fully saturated rings. The van der Waals surface area contributed by atoms with Crippen LogP contribution < -0.4 is 0 Å². The van der Waals surface area contributed by atoms with Gasteiger partial charge in [0.15, 0.2) is 8.32 Å². The Morgan fingerprint density at radius 2 is 1.86 bits per heavy atom. The molecule has 0 saturated carbocycles. The predicted octanol–water partition coefficient (Wildman–Crippen LogP) is 3.73. The van der Waals surface area contributed by atoms with Crippen molar-refractivity contribution in [3.05, 3.63) is 10.4 Å². The van der Waals surface area contributed by atoms with Crippen LogP contribution in [0.15, 0.2) is 5.11 Å². The molecule has 0 bridgehead atoms. The van der Waals surface area contributed by atoms with E-state index in [1.54, 1.807) is 0 Å². The summed E-state index contributed by atoms with van der Waals surface area (Å²) in [6, 6.07) is -0.764. The van der Waals surface area contributed by atoms with Crippen molar-refractivity contribution in [2.75, 3.05) is 18.4 Å². The molecule has 9 nitrogen and oxygen atoms in total. The number of hydrogen-bond donors (Lipinski definition) is 0. The first-order valence-corrected chi connectivity index (χ1v) is 12.8. The molecule has 1 aliphatic heterocycles. The van der Waals surface area contributed by atoms with Gasteiger partial charge in [-0.15, -0.1) is 23.2 Å². The van der Waals surface area contributed by atoms with E-state index >= 15 is 0 Å². The summed E-state index contributed by atoms with van der Waals surface area (Å²) in [5.41, 5.74) is 8.93. The fourth-order valence-electron chi connectivity index (χ4n) is 2.35. The van der Waals surface area contributed by atoms with Gasteiger partial charge in [-0.3, -0.25) is 9.59 Å². The molecule has 1 heterocycles. The summed E-state index contributed by atoms with van der Waals surface area (Å²) < 4.78 is 22.5. The molecular weight excluding hydrogens is 429 g/mol. The molecule has 0 aromatic carbocycles. The molecule has 28 heavy (non-hydrogen) atoms. The van der Waals surface area contributed by atoms with Crippen molar-refractivity contribution in [1.82, 2.24) is 0 Å². The van der Waals surface area contributed by atoms with Crippen LogP contribution in [0.2, 0.25) is 18.1 Å². The standard InChI is InChI=1S/C16H27Cl2N3O6Si/c1-16(2,3)28(4,5)27-14-6-10(20-21-19)15(26-13(23)8-18)11(25-14)9-24-12(22)7-17/h10-11,14-15H,6-9H2,1-5H3/t10-,11-,14+,15+/m1/s1. The molecule has 0 aromatic rings. The van der Waals surface area contributed by atoms with Crippen LogP contribution in [0.1, 0.15) is 27.2 Å². The Bertz CT molecular complexity index is 610. The lowest BCUT2D eigenvalue weighted by Gasteiger charge is -2.44. The molecule has 1 saturated heterocycles. The van der Waals surface area contributed by atoms with Gasteiger partial charge in [0.25, 0.3) is 0 Å². The first kappa shape index (κ1) is 25.0. The van der Waals surface area contributed by atoms with Crippen LogP contribution in [-0.4, -0.2) is 63.2 Å². The van der Waals surface area contributed by atoms with Gasteiger partial charge in [0.2, 0.25) is 0 Å². The normalized spacial score (nSPS) is 25.5. The van der Waals surface area contributed by atoms with Crippen molar-refractivity contribution in [2.45, 2.75) is 69.9 Å². The molecule has 0 amide bonds. The number of carbonyl (C=O) groups excluding carboxylic acids is 2. The van der Waals surface area contributed by atoms with Gasteiger partial charge in [-0.1, -0.05) is 25.9 Å². The van der Waals surface area contributed by atoms with E-state index in [1.807, 2.05) is 0 Å². The Morgan fingerprint density at radius 3 is 2.36 bits per heavy atom. The molecule has 0 aliphatic carbocycles. The summed E-state index contributed by atoms with van der Waals surface area (Å²) >= 11 is 11.0. The molecule has 160 valence electrons. The largest absolute Gasteiger partial charge is 0.462 e. The summed E-state index contributed by atoms with van der Waals surface area (Å²) in [5.74, 6) is -2.06. The molecule has 0 radical (unpaired) electrons. The van der Waals surface area contributed by atoms with Crippen molar-refractivity contribution in [1.29, 1.82) is 0 Å². The maximum absolute atomic E-state index is 11.7. The van der Waals surface area contributed by atoms with Gasteiger partial charge in [-0.2, -0.15) is 0 Å². The quantitative estimate of drug-likeness (QED) is 0.137. The zero-order valence-electron chi connectivity index (χ0n) is 16.7. The Labute approximate surface area is 175 Å². The van der Waals surface area contributed by atoms with Gasteiger partial charge < -0.3 is 18.6 Å². The molecule has 1 aliphatic rings. The highest BCUT2D eigenvalue weighted by Gasteiger charge is 2.46. The molecule has 0 unspecified atom stereocenters. The Kier molecular flexibility index (Phi) is 9.52. The van der Waals surface area contributed by atoms with Crippen LogP contribution in [0, 0.1) is 0 Å². The highest BCUT2D eigenvalue weighted by Crippen LogP contribution is 2.39. The van der Waals surface area contributed by atoms with Crippen molar-refractivity contribution < 1.29 is 28.2 Å². The van der Waals surface area contributed by atoms with Crippen LogP contribution in [0.4, 0.5) is 0 Å². The number of carbonyl (C=O) groups is 2. The highest BCUT2D eigenvalue weighted by atomic mass is 35.5. The van der Waals surface area contributed by atoms with Crippen LogP contribution in [0.5, 0.6) is 0 Å². The fourth-order valence-corrected chi connectivity index (χ4v) is 3.66. The molecular formula is C16H27Cl2N3O6Si. The summed E-state index contributed by atoms with van der Waals surface area (Å²) in [6.45, 7) is 10.1. The molecule has 0 spiro atoms. The van der Waals surface area contributed by atoms with Crippen molar-refractivity contribution in [3.8, 4) is 0 Å². The Hall–Kier alpha value is -1.03. The second-order valence-electron chi connectivity index (χ2n) is 7.89. The van der Waals surface area contributed by atoms with Gasteiger partial charge in [0, 0.05) is 11.3 Å². The molecule has 12 heteroatoms. The minimum atomic E-state index is -2.20. The van der Waals surface area contributed by atoms with Crippen molar-refractivity contribution in [3.63, 3.8) is 0 Å². The lowest BCUT2D eigenvalue weighted by Crippen LogP contribution is -2.55. The number of alkyl halides is 2. The number of nitrogens with zero attached hydrogens (tertiary/aromatic N) is 3. The van der Waals surface area contributed by atoms with Gasteiger partial charge >= 0.3 is 11.9 Å². The van der Waals surface area contributed by atoms with Crippen molar-refractivity contribution >= 4 is 43.5 Å². The van der Waals surface area contributed by atoms with Gasteiger partial charge in [-0.25, -0.2) is 0 Å². The predicted molar refractivity (Wildman–Crippen MR) is 107 cm³/mol. The van der Waals surface area contributed by atoms with E-state index in [2.05, 4.69) is 43.9 Å². The smallest absolute Gasteiger partial charge is 0.321 e. The van der Waals surface area contributed by atoms with E-state index in [-0.39, 0.29) is 29.8 Å². The average molecular weight is 456 g/mol. The lowest BCUT2D eigenvalue weighted by molar-refractivity contribution is -0.220. The summed E-state index contributed by atoms with van der Waals surface area (Å²) in [7, 11) is -2.20. The fraction of sp³-hybridized carbons (Fsp3) is 0.875. The first-order chi connectivity index (χ1) is 12.9. The van der Waals surface area contributed by atoms with E-state index < -0.39 is 44.8 Å². The molecule has 4 atom stereocenters. The SMILES string of the molecule is CC(C)(C)[Si](C)(C)O[C@H]1C[C@@H](N=[N+]=[N-])[C@H](OC(=O)CCl)[C@@H](COC(=O)CCl)O1. The van der Waals surface area contributed by atoms with Gasteiger partial charge in [-0.05, 0) is 23.7 Å². The Morgan fingerprint density at radius 1 is 1.25 bits per heavy atom. The minimum absolute atomic E-state index is 0.0765. The Balaban J connectivity index is 3.08. The second kappa shape index (κ2) is 10.7. The topological polar surface area (TPSA) is 120 Å². The average Bonchev–Trinajstić information content (AvgIpc) is 2.60. The van der Waals surface area contributed by atoms with Crippen LogP contribution in [-0.2, 0) is 28.2 Å². The van der Waals surface area contributed by atoms with Crippen LogP contribution in [0.3, 0.4) is 0 Å². The van der Waals surface area contributed by atoms with E-state index in [9.17, 15) is 9.59 Å². The zero-order chi connectivity index (χ0) is 21.5. The van der Waals surface area contributed by atoms with Crippen LogP contribution >= 0.6 is 23.2 Å². The van der Waals surface area contributed by atoms with E-state index in [1.165, 1.54) is 0 Å². The van der Waals surface area contributed by atoms with Crippen LogP contribution in [0.25, 0.3) is 10.4 Å². The maximum Gasteiger partial charge on any atom is 0.321 e. The number of esters is 2. The lowest BCUT2D eigenvalue weighted by atomic mass is 9.99. The van der Waals surface area contributed by atoms with E-state index in [0.717, 1.165) is 0 Å². The monoisotopic (exact) mass is 455 g/mol. The van der Waals surface area contributed by atoms with Gasteiger partial charge in [0.1, 0.15) is 36.9 Å². The molecule has 0 N–H and O–H groups in total.